The molecular formula is C13H17N3O2. The van der Waals surface area contributed by atoms with Gasteiger partial charge >= 0.3 is 0 Å². The smallest absolute Gasteiger partial charge is 0.257 e. The van der Waals surface area contributed by atoms with Crippen LogP contribution in [0, 0.1) is 0 Å². The zero-order chi connectivity index (χ0) is 13.0. The molecule has 18 heavy (non-hydrogen) atoms. The van der Waals surface area contributed by atoms with Crippen LogP contribution in [0.15, 0.2) is 30.3 Å². The van der Waals surface area contributed by atoms with Crippen LogP contribution in [0.5, 0.6) is 0 Å². The normalized spacial score (nSPS) is 15.2. The van der Waals surface area contributed by atoms with Gasteiger partial charge in [0.05, 0.1) is 6.54 Å². The Morgan fingerprint density at radius 2 is 2.00 bits per heavy atom. The first-order chi connectivity index (χ1) is 8.66. The Labute approximate surface area is 106 Å². The van der Waals surface area contributed by atoms with Crippen molar-refractivity contribution in [2.75, 3.05) is 26.7 Å². The van der Waals surface area contributed by atoms with Crippen LogP contribution in [0.25, 0.3) is 0 Å². The number of nitrogens with zero attached hydrogens (tertiary/aromatic N) is 1. The van der Waals surface area contributed by atoms with E-state index in [0.717, 1.165) is 13.1 Å². The molecule has 0 spiro atoms. The van der Waals surface area contributed by atoms with Crippen molar-refractivity contribution in [3.05, 3.63) is 35.9 Å². The molecule has 0 saturated carbocycles. The van der Waals surface area contributed by atoms with E-state index in [1.807, 2.05) is 18.0 Å². The van der Waals surface area contributed by atoms with Crippen molar-refractivity contribution in [2.45, 2.75) is 6.04 Å². The van der Waals surface area contributed by atoms with Gasteiger partial charge in [-0.2, -0.15) is 0 Å². The molecule has 0 bridgehead atoms. The number of likely N-dealkylation sites (N-methyl/N-ethyl adjacent to an activating group) is 1. The highest BCUT2D eigenvalue weighted by molar-refractivity contribution is 6.05. The lowest BCUT2D eigenvalue weighted by atomic mass is 10.1. The van der Waals surface area contributed by atoms with Crippen LogP contribution in [0.2, 0.25) is 0 Å². The van der Waals surface area contributed by atoms with Gasteiger partial charge in [0.25, 0.3) is 5.91 Å². The Morgan fingerprint density at radius 3 is 2.56 bits per heavy atom. The molecule has 1 fully saturated rings. The predicted octanol–water partition coefficient (Wildman–Crippen LogP) is -0.153. The van der Waals surface area contributed by atoms with E-state index in [0.29, 0.717) is 11.6 Å². The van der Waals surface area contributed by atoms with Crippen LogP contribution in [0.1, 0.15) is 10.4 Å². The molecule has 0 unspecified atom stereocenters. The van der Waals surface area contributed by atoms with Crippen molar-refractivity contribution in [1.29, 1.82) is 0 Å². The second-order valence-electron chi connectivity index (χ2n) is 4.47. The lowest BCUT2D eigenvalue weighted by Crippen LogP contribution is -2.57. The minimum Gasteiger partial charge on any atom is -0.314 e. The molecule has 1 aromatic rings. The van der Waals surface area contributed by atoms with Gasteiger partial charge in [-0.15, -0.1) is 0 Å². The number of nitrogens with one attached hydrogen (secondary N) is 2. The van der Waals surface area contributed by atoms with Crippen molar-refractivity contribution in [3.8, 4) is 0 Å². The lowest BCUT2D eigenvalue weighted by Gasteiger charge is -2.35. The maximum absolute atomic E-state index is 11.7. The fourth-order valence-corrected chi connectivity index (χ4v) is 1.77. The first-order valence-electron chi connectivity index (χ1n) is 5.97. The second-order valence-corrected chi connectivity index (χ2v) is 4.47. The van der Waals surface area contributed by atoms with E-state index in [4.69, 9.17) is 0 Å². The van der Waals surface area contributed by atoms with Crippen molar-refractivity contribution in [2.24, 2.45) is 0 Å². The molecule has 2 N–H and O–H groups in total. The third-order valence-electron chi connectivity index (χ3n) is 3.07. The fourth-order valence-electron chi connectivity index (χ4n) is 1.77. The molecule has 0 atom stereocenters. The Morgan fingerprint density at radius 1 is 1.33 bits per heavy atom. The lowest BCUT2D eigenvalue weighted by molar-refractivity contribution is -0.121. The van der Waals surface area contributed by atoms with Gasteiger partial charge in [0.15, 0.2) is 0 Å². The number of carbonyl (C=O) groups is 2. The Kier molecular flexibility index (Phi) is 4.07. The van der Waals surface area contributed by atoms with Gasteiger partial charge in [-0.1, -0.05) is 18.2 Å². The summed E-state index contributed by atoms with van der Waals surface area (Å²) >= 11 is 0. The molecule has 1 heterocycles. The summed E-state index contributed by atoms with van der Waals surface area (Å²) < 4.78 is 0. The number of imide groups is 1. The Bertz CT molecular complexity index is 429. The van der Waals surface area contributed by atoms with Gasteiger partial charge in [-0.05, 0) is 19.2 Å². The van der Waals surface area contributed by atoms with Crippen LogP contribution >= 0.6 is 0 Å². The number of hydrogen-bond acceptors (Lipinski definition) is 4. The third-order valence-corrected chi connectivity index (χ3v) is 3.07. The van der Waals surface area contributed by atoms with Crippen LogP contribution in [-0.2, 0) is 4.79 Å². The maximum atomic E-state index is 11.7. The summed E-state index contributed by atoms with van der Waals surface area (Å²) in [4.78, 5) is 25.4. The summed E-state index contributed by atoms with van der Waals surface area (Å²) in [5.41, 5.74) is 0.499. The molecule has 5 nitrogen and oxygen atoms in total. The number of hydrogen-bond donors (Lipinski definition) is 2. The van der Waals surface area contributed by atoms with Crippen LogP contribution in [0.3, 0.4) is 0 Å². The molecule has 1 aromatic carbocycles. The highest BCUT2D eigenvalue weighted by atomic mass is 16.2. The molecule has 5 heteroatoms. The molecular weight excluding hydrogens is 230 g/mol. The second kappa shape index (κ2) is 5.75. The predicted molar refractivity (Wildman–Crippen MR) is 68.2 cm³/mol. The molecule has 0 aromatic heterocycles. The Balaban J connectivity index is 1.82. The fraction of sp³-hybridized carbons (Fsp3) is 0.385. The van der Waals surface area contributed by atoms with Crippen LogP contribution in [-0.4, -0.2) is 49.4 Å². The van der Waals surface area contributed by atoms with E-state index in [-0.39, 0.29) is 18.4 Å². The first kappa shape index (κ1) is 12.7. The topological polar surface area (TPSA) is 61.4 Å². The van der Waals surface area contributed by atoms with Gasteiger partial charge in [0.1, 0.15) is 0 Å². The van der Waals surface area contributed by atoms with Crippen molar-refractivity contribution < 1.29 is 9.59 Å². The number of benzene rings is 1. The summed E-state index contributed by atoms with van der Waals surface area (Å²) in [6, 6.07) is 9.12. The highest BCUT2D eigenvalue weighted by Gasteiger charge is 2.23. The van der Waals surface area contributed by atoms with E-state index >= 15 is 0 Å². The van der Waals surface area contributed by atoms with Crippen molar-refractivity contribution in [1.82, 2.24) is 15.5 Å². The molecule has 96 valence electrons. The highest BCUT2D eigenvalue weighted by Crippen LogP contribution is 2.01. The summed E-state index contributed by atoms with van der Waals surface area (Å²) in [6.45, 7) is 2.04. The van der Waals surface area contributed by atoms with E-state index in [2.05, 4.69) is 10.6 Å². The van der Waals surface area contributed by atoms with Gasteiger partial charge in [-0.3, -0.25) is 19.8 Å². The molecule has 0 radical (unpaired) electrons. The van der Waals surface area contributed by atoms with E-state index < -0.39 is 0 Å². The summed E-state index contributed by atoms with van der Waals surface area (Å²) in [7, 11) is 1.89. The standard InChI is InChI=1S/C13H17N3O2/c1-16(11-7-14-8-11)9-12(17)15-13(18)10-5-3-2-4-6-10/h2-6,11,14H,7-9H2,1H3,(H,15,17,18). The molecule has 2 amide bonds. The van der Waals surface area contributed by atoms with Crippen LogP contribution < -0.4 is 10.6 Å². The molecule has 1 saturated heterocycles. The molecule has 1 aliphatic heterocycles. The average Bonchev–Trinajstić information content (AvgIpc) is 2.27. The van der Waals surface area contributed by atoms with Crippen LogP contribution in [0.4, 0.5) is 0 Å². The third kappa shape index (κ3) is 3.15. The average molecular weight is 247 g/mol. The monoisotopic (exact) mass is 247 g/mol. The van der Waals surface area contributed by atoms with Gasteiger partial charge in [0.2, 0.25) is 5.91 Å². The minimum atomic E-state index is -0.347. The summed E-state index contributed by atoms with van der Waals surface area (Å²) in [6.07, 6.45) is 0. The maximum Gasteiger partial charge on any atom is 0.257 e. The zero-order valence-electron chi connectivity index (χ0n) is 10.3. The quantitative estimate of drug-likeness (QED) is 0.776. The van der Waals surface area contributed by atoms with E-state index in [1.54, 1.807) is 24.3 Å². The molecule has 2 rings (SSSR count). The summed E-state index contributed by atoms with van der Waals surface area (Å²) in [5, 5.41) is 5.53. The minimum absolute atomic E-state index is 0.241. The largest absolute Gasteiger partial charge is 0.314 e. The van der Waals surface area contributed by atoms with Gasteiger partial charge < -0.3 is 5.32 Å². The number of amides is 2. The SMILES string of the molecule is CN(CC(=O)NC(=O)c1ccccc1)C1CNC1. The van der Waals surface area contributed by atoms with Gasteiger partial charge in [0, 0.05) is 24.7 Å². The van der Waals surface area contributed by atoms with E-state index in [9.17, 15) is 9.59 Å². The molecule has 0 aliphatic carbocycles. The Hall–Kier alpha value is -1.72. The van der Waals surface area contributed by atoms with E-state index in [1.165, 1.54) is 0 Å². The van der Waals surface area contributed by atoms with Gasteiger partial charge in [-0.25, -0.2) is 0 Å². The first-order valence-corrected chi connectivity index (χ1v) is 5.97. The zero-order valence-corrected chi connectivity index (χ0v) is 10.3. The summed E-state index contributed by atoms with van der Waals surface area (Å²) in [5.74, 6) is -0.612. The van der Waals surface area contributed by atoms with Crippen molar-refractivity contribution in [3.63, 3.8) is 0 Å². The number of carbonyl (C=O) groups excluding carboxylic acids is 2. The number of rotatable bonds is 4. The molecule has 1 aliphatic rings. The van der Waals surface area contributed by atoms with Crippen molar-refractivity contribution >= 4 is 11.8 Å².